The van der Waals surface area contributed by atoms with Gasteiger partial charge in [-0.15, -0.1) is 11.3 Å². The summed E-state index contributed by atoms with van der Waals surface area (Å²) in [4.78, 5) is 0.942. The van der Waals surface area contributed by atoms with Gasteiger partial charge < -0.3 is 5.11 Å². The van der Waals surface area contributed by atoms with E-state index in [-0.39, 0.29) is 6.61 Å². The molecule has 0 atom stereocenters. The molecule has 0 amide bonds. The van der Waals surface area contributed by atoms with Crippen LogP contribution in [-0.4, -0.2) is 5.11 Å². The Labute approximate surface area is 93.1 Å². The van der Waals surface area contributed by atoms with Crippen molar-refractivity contribution in [2.45, 2.75) is 6.61 Å². The van der Waals surface area contributed by atoms with Crippen LogP contribution in [-0.2, 0) is 6.61 Å². The van der Waals surface area contributed by atoms with Crippen LogP contribution < -0.4 is 0 Å². The average Bonchev–Trinajstić information content (AvgIpc) is 2.42. The third-order valence-electron chi connectivity index (χ3n) is 1.80. The van der Waals surface area contributed by atoms with Crippen molar-refractivity contribution in [3.05, 3.63) is 32.6 Å². The first kappa shape index (κ1) is 9.46. The third-order valence-corrected chi connectivity index (χ3v) is 4.34. The molecule has 13 heavy (non-hydrogen) atoms. The van der Waals surface area contributed by atoms with Crippen LogP contribution in [0, 0.1) is 0 Å². The second kappa shape index (κ2) is 3.58. The molecule has 0 bridgehead atoms. The summed E-state index contributed by atoms with van der Waals surface area (Å²) in [5.41, 5.74) is 0. The van der Waals surface area contributed by atoms with Crippen molar-refractivity contribution in [2.24, 2.45) is 0 Å². The maximum Gasteiger partial charge on any atom is 0.0786 e. The molecule has 1 nitrogen and oxygen atoms in total. The fourth-order valence-corrected chi connectivity index (χ4v) is 3.27. The largest absolute Gasteiger partial charge is 0.391 e. The molecule has 0 unspecified atom stereocenters. The molecule has 0 radical (unpaired) electrons. The Hall–Kier alpha value is -0.0900. The van der Waals surface area contributed by atoms with Gasteiger partial charge in [-0.1, -0.05) is 17.7 Å². The summed E-state index contributed by atoms with van der Waals surface area (Å²) in [6, 6.07) is 5.71. The molecule has 0 aliphatic carbocycles. The summed E-state index contributed by atoms with van der Waals surface area (Å²) in [7, 11) is 0. The molecular formula is C9H6BrClOS. The first-order valence-corrected chi connectivity index (χ1v) is 5.68. The zero-order chi connectivity index (χ0) is 9.42. The van der Waals surface area contributed by atoms with Crippen LogP contribution in [0.15, 0.2) is 22.7 Å². The first-order valence-electron chi connectivity index (χ1n) is 3.69. The summed E-state index contributed by atoms with van der Waals surface area (Å²) in [6.45, 7) is 0.0670. The molecule has 68 valence electrons. The fourth-order valence-electron chi connectivity index (χ4n) is 1.19. The molecule has 2 aromatic rings. The number of aliphatic hydroxyl groups excluding tert-OH is 1. The number of benzene rings is 1. The number of hydrogen-bond acceptors (Lipinski definition) is 2. The van der Waals surface area contributed by atoms with Crippen molar-refractivity contribution < 1.29 is 5.11 Å². The van der Waals surface area contributed by atoms with Gasteiger partial charge in [-0.3, -0.25) is 0 Å². The molecule has 4 heteroatoms. The van der Waals surface area contributed by atoms with Gasteiger partial charge in [-0.05, 0) is 28.1 Å². The molecular weight excluding hydrogens is 272 g/mol. The van der Waals surface area contributed by atoms with Crippen LogP contribution in [0.2, 0.25) is 5.02 Å². The Morgan fingerprint density at radius 1 is 1.46 bits per heavy atom. The fraction of sp³-hybridized carbons (Fsp3) is 0.111. The average molecular weight is 278 g/mol. The van der Waals surface area contributed by atoms with E-state index in [1.165, 1.54) is 0 Å². The second-order valence-electron chi connectivity index (χ2n) is 2.64. The van der Waals surface area contributed by atoms with Gasteiger partial charge in [-0.2, -0.15) is 0 Å². The number of hydrogen-bond donors (Lipinski definition) is 1. The SMILES string of the molecule is OCc1sc2cc(Cl)ccc2c1Br. The van der Waals surface area contributed by atoms with Crippen LogP contribution >= 0.6 is 38.9 Å². The molecule has 1 aromatic heterocycles. The molecule has 0 saturated carbocycles. The Bertz CT molecular complexity index is 452. The monoisotopic (exact) mass is 276 g/mol. The van der Waals surface area contributed by atoms with Crippen LogP contribution in [0.25, 0.3) is 10.1 Å². The minimum Gasteiger partial charge on any atom is -0.391 e. The van der Waals surface area contributed by atoms with Crippen LogP contribution in [0.4, 0.5) is 0 Å². The molecule has 0 saturated heterocycles. The molecule has 1 aromatic carbocycles. The van der Waals surface area contributed by atoms with E-state index in [9.17, 15) is 0 Å². The van der Waals surface area contributed by atoms with E-state index in [1.807, 2.05) is 18.2 Å². The van der Waals surface area contributed by atoms with Crippen molar-refractivity contribution >= 4 is 49.0 Å². The summed E-state index contributed by atoms with van der Waals surface area (Å²) in [6.07, 6.45) is 0. The zero-order valence-corrected chi connectivity index (χ0v) is 9.71. The Morgan fingerprint density at radius 2 is 2.23 bits per heavy atom. The molecule has 0 fully saturated rings. The Kier molecular flexibility index (Phi) is 2.60. The Balaban J connectivity index is 2.76. The van der Waals surface area contributed by atoms with E-state index < -0.39 is 0 Å². The summed E-state index contributed by atoms with van der Waals surface area (Å²) < 4.78 is 2.08. The van der Waals surface area contributed by atoms with Crippen LogP contribution in [0.5, 0.6) is 0 Å². The Morgan fingerprint density at radius 3 is 2.92 bits per heavy atom. The predicted molar refractivity (Wildman–Crippen MR) is 60.5 cm³/mol. The topological polar surface area (TPSA) is 20.2 Å². The van der Waals surface area contributed by atoms with Gasteiger partial charge in [0.1, 0.15) is 0 Å². The van der Waals surface area contributed by atoms with Gasteiger partial charge in [0.05, 0.1) is 6.61 Å². The van der Waals surface area contributed by atoms with Gasteiger partial charge in [0.2, 0.25) is 0 Å². The van der Waals surface area contributed by atoms with Gasteiger partial charge in [-0.25, -0.2) is 0 Å². The summed E-state index contributed by atoms with van der Waals surface area (Å²) in [5, 5.41) is 10.9. The van der Waals surface area contributed by atoms with E-state index in [1.54, 1.807) is 11.3 Å². The lowest BCUT2D eigenvalue weighted by Crippen LogP contribution is -1.74. The van der Waals surface area contributed by atoms with Crippen molar-refractivity contribution in [1.29, 1.82) is 0 Å². The van der Waals surface area contributed by atoms with E-state index >= 15 is 0 Å². The number of rotatable bonds is 1. The highest BCUT2D eigenvalue weighted by Crippen LogP contribution is 2.36. The lowest BCUT2D eigenvalue weighted by Gasteiger charge is -1.91. The molecule has 0 spiro atoms. The van der Waals surface area contributed by atoms with Crippen molar-refractivity contribution in [3.8, 4) is 0 Å². The highest BCUT2D eigenvalue weighted by atomic mass is 79.9. The second-order valence-corrected chi connectivity index (χ2v) is 5.00. The quantitative estimate of drug-likeness (QED) is 0.840. The van der Waals surface area contributed by atoms with E-state index in [2.05, 4.69) is 15.9 Å². The highest BCUT2D eigenvalue weighted by Gasteiger charge is 2.08. The van der Waals surface area contributed by atoms with E-state index in [0.29, 0.717) is 0 Å². The minimum absolute atomic E-state index is 0.0670. The minimum atomic E-state index is 0.0670. The number of aliphatic hydroxyl groups is 1. The predicted octanol–water partition coefficient (Wildman–Crippen LogP) is 3.81. The van der Waals surface area contributed by atoms with Crippen molar-refractivity contribution in [1.82, 2.24) is 0 Å². The van der Waals surface area contributed by atoms with Crippen LogP contribution in [0.3, 0.4) is 0 Å². The van der Waals surface area contributed by atoms with Gasteiger partial charge >= 0.3 is 0 Å². The summed E-state index contributed by atoms with van der Waals surface area (Å²) in [5.74, 6) is 0. The van der Waals surface area contributed by atoms with E-state index in [0.717, 1.165) is 24.5 Å². The standard InChI is InChI=1S/C9H6BrClOS/c10-9-6-2-1-5(11)3-7(6)13-8(9)4-12/h1-3,12H,4H2. The summed E-state index contributed by atoms with van der Waals surface area (Å²) >= 11 is 10.9. The van der Waals surface area contributed by atoms with Gasteiger partial charge in [0.15, 0.2) is 0 Å². The first-order chi connectivity index (χ1) is 6.22. The molecule has 2 rings (SSSR count). The molecule has 0 aliphatic heterocycles. The molecule has 0 aliphatic rings. The molecule has 1 N–H and O–H groups in total. The molecule has 1 heterocycles. The van der Waals surface area contributed by atoms with Gasteiger partial charge in [0, 0.05) is 24.5 Å². The van der Waals surface area contributed by atoms with Crippen molar-refractivity contribution in [3.63, 3.8) is 0 Å². The highest BCUT2D eigenvalue weighted by molar-refractivity contribution is 9.10. The normalized spacial score (nSPS) is 11.0. The van der Waals surface area contributed by atoms with Crippen molar-refractivity contribution in [2.75, 3.05) is 0 Å². The number of thiophene rings is 1. The third kappa shape index (κ3) is 1.62. The van der Waals surface area contributed by atoms with Crippen LogP contribution in [0.1, 0.15) is 4.88 Å². The smallest absolute Gasteiger partial charge is 0.0786 e. The maximum atomic E-state index is 9.04. The van der Waals surface area contributed by atoms with E-state index in [4.69, 9.17) is 16.7 Å². The lowest BCUT2D eigenvalue weighted by molar-refractivity contribution is 0.285. The lowest BCUT2D eigenvalue weighted by atomic mass is 10.2. The zero-order valence-electron chi connectivity index (χ0n) is 6.55. The number of halogens is 2. The van der Waals surface area contributed by atoms with Gasteiger partial charge in [0.25, 0.3) is 0 Å². The number of fused-ring (bicyclic) bond motifs is 1. The maximum absolute atomic E-state index is 9.04.